The number of hydrogen-bond acceptors (Lipinski definition) is 3. The number of aliphatic hydroxyl groups excluding tert-OH is 1. The molecule has 124 valence electrons. The molecule has 1 fully saturated rings. The van der Waals surface area contributed by atoms with E-state index in [9.17, 15) is 22.7 Å². The fourth-order valence-electron chi connectivity index (χ4n) is 2.82. The number of rotatable bonds is 6. The van der Waals surface area contributed by atoms with Crippen LogP contribution in [0.4, 0.5) is 17.6 Å². The van der Waals surface area contributed by atoms with E-state index in [1.165, 1.54) is 18.2 Å². The predicted octanol–water partition coefficient (Wildman–Crippen LogP) is 3.47. The van der Waals surface area contributed by atoms with Crippen LogP contribution in [0, 0.1) is 5.92 Å². The van der Waals surface area contributed by atoms with E-state index in [0.29, 0.717) is 0 Å². The summed E-state index contributed by atoms with van der Waals surface area (Å²) >= 11 is 0. The maximum Gasteiger partial charge on any atom is 0.461 e. The van der Waals surface area contributed by atoms with E-state index in [4.69, 9.17) is 5.73 Å². The summed E-state index contributed by atoms with van der Waals surface area (Å²) in [6, 6.07) is 4.50. The Balaban J connectivity index is 2.20. The van der Waals surface area contributed by atoms with Crippen LogP contribution in [0.1, 0.15) is 37.3 Å². The Kier molecular flexibility index (Phi) is 5.28. The Bertz CT molecular complexity index is 492. The van der Waals surface area contributed by atoms with Gasteiger partial charge in [-0.3, -0.25) is 0 Å². The molecule has 0 amide bonds. The molecule has 22 heavy (non-hydrogen) atoms. The molecule has 3 N–H and O–H groups in total. The molecule has 0 radical (unpaired) electrons. The summed E-state index contributed by atoms with van der Waals surface area (Å²) in [5, 5.41) is 10.3. The van der Waals surface area contributed by atoms with Crippen molar-refractivity contribution in [1.82, 2.24) is 0 Å². The first-order valence-corrected chi connectivity index (χ1v) is 7.20. The maximum atomic E-state index is 13.1. The summed E-state index contributed by atoms with van der Waals surface area (Å²) in [7, 11) is 0. The van der Waals surface area contributed by atoms with E-state index in [-0.39, 0.29) is 11.5 Å². The topological polar surface area (TPSA) is 55.5 Å². The van der Waals surface area contributed by atoms with Gasteiger partial charge in [0.15, 0.2) is 0 Å². The molecule has 0 saturated heterocycles. The van der Waals surface area contributed by atoms with Crippen molar-refractivity contribution in [2.75, 3.05) is 0 Å². The number of ether oxygens (including phenoxy) is 1. The van der Waals surface area contributed by atoms with Gasteiger partial charge in [0.1, 0.15) is 5.75 Å². The van der Waals surface area contributed by atoms with Crippen LogP contribution in [0.2, 0.25) is 0 Å². The molecule has 7 heteroatoms. The Hall–Kier alpha value is -1.34. The fourth-order valence-corrected chi connectivity index (χ4v) is 2.82. The van der Waals surface area contributed by atoms with Crippen LogP contribution in [0.25, 0.3) is 0 Å². The molecule has 0 bridgehead atoms. The van der Waals surface area contributed by atoms with Crippen LogP contribution in [0.3, 0.4) is 0 Å². The lowest BCUT2D eigenvalue weighted by atomic mass is 9.90. The molecule has 1 saturated carbocycles. The highest BCUT2D eigenvalue weighted by Crippen LogP contribution is 2.37. The lowest BCUT2D eigenvalue weighted by molar-refractivity contribution is -0.253. The second kappa shape index (κ2) is 6.83. The summed E-state index contributed by atoms with van der Waals surface area (Å²) in [5.74, 6) is -0.448. The molecule has 0 spiro atoms. The second-order valence-electron chi connectivity index (χ2n) is 5.56. The molecule has 0 unspecified atom stereocenters. The number of benzene rings is 1. The zero-order valence-corrected chi connectivity index (χ0v) is 11.9. The SMILES string of the molecule is N[C@H](c1ccccc1OC(F)(F)C(F)F)[C@@H](O)C1CCCC1. The summed E-state index contributed by atoms with van der Waals surface area (Å²) < 4.78 is 54.9. The minimum absolute atomic E-state index is 0.0151. The number of para-hydroxylation sites is 1. The van der Waals surface area contributed by atoms with Crippen LogP contribution in [0.15, 0.2) is 24.3 Å². The Morgan fingerprint density at radius 2 is 1.77 bits per heavy atom. The Labute approximate surface area is 126 Å². The lowest BCUT2D eigenvalue weighted by Crippen LogP contribution is -2.36. The minimum atomic E-state index is -4.60. The summed E-state index contributed by atoms with van der Waals surface area (Å²) in [4.78, 5) is 0. The van der Waals surface area contributed by atoms with Gasteiger partial charge in [0.2, 0.25) is 0 Å². The zero-order chi connectivity index (χ0) is 16.3. The van der Waals surface area contributed by atoms with Gasteiger partial charge in [-0.05, 0) is 24.8 Å². The highest BCUT2D eigenvalue weighted by atomic mass is 19.3. The Morgan fingerprint density at radius 3 is 2.36 bits per heavy atom. The van der Waals surface area contributed by atoms with Gasteiger partial charge in [-0.2, -0.15) is 17.6 Å². The summed E-state index contributed by atoms with van der Waals surface area (Å²) in [5.41, 5.74) is 6.05. The van der Waals surface area contributed by atoms with Gasteiger partial charge in [0.25, 0.3) is 0 Å². The van der Waals surface area contributed by atoms with E-state index in [1.54, 1.807) is 0 Å². The van der Waals surface area contributed by atoms with E-state index in [1.807, 2.05) is 0 Å². The molecule has 1 aliphatic rings. The highest BCUT2D eigenvalue weighted by Gasteiger charge is 2.44. The van der Waals surface area contributed by atoms with Crippen molar-refractivity contribution < 1.29 is 27.4 Å². The zero-order valence-electron chi connectivity index (χ0n) is 11.9. The standard InChI is InChI=1S/C15H19F4NO2/c16-14(17)15(18,19)22-11-8-4-3-7-10(11)12(20)13(21)9-5-1-2-6-9/h3-4,7-9,12-14,21H,1-2,5-6,20H2/t12-,13+/m1/s1. The van der Waals surface area contributed by atoms with Crippen LogP contribution in [-0.4, -0.2) is 23.7 Å². The van der Waals surface area contributed by atoms with Gasteiger partial charge in [-0.15, -0.1) is 0 Å². The van der Waals surface area contributed by atoms with Crippen molar-refractivity contribution in [1.29, 1.82) is 0 Å². The quantitative estimate of drug-likeness (QED) is 0.789. The average Bonchev–Trinajstić information content (AvgIpc) is 3.00. The molecule has 0 aromatic heterocycles. The van der Waals surface area contributed by atoms with Crippen molar-refractivity contribution in [3.8, 4) is 5.75 Å². The summed E-state index contributed by atoms with van der Waals surface area (Å²) in [6.45, 7) is 0. The molecule has 0 heterocycles. The number of nitrogens with two attached hydrogens (primary N) is 1. The number of hydrogen-bond donors (Lipinski definition) is 2. The molecular formula is C15H19F4NO2. The van der Waals surface area contributed by atoms with Crippen molar-refractivity contribution >= 4 is 0 Å². The van der Waals surface area contributed by atoms with Crippen LogP contribution < -0.4 is 10.5 Å². The number of alkyl halides is 4. The highest BCUT2D eigenvalue weighted by molar-refractivity contribution is 5.36. The minimum Gasteiger partial charge on any atom is -0.428 e. The number of aliphatic hydroxyl groups is 1. The summed E-state index contributed by atoms with van der Waals surface area (Å²) in [6.07, 6.45) is -5.89. The molecule has 2 rings (SSSR count). The van der Waals surface area contributed by atoms with Crippen molar-refractivity contribution in [3.63, 3.8) is 0 Å². The fraction of sp³-hybridized carbons (Fsp3) is 0.600. The smallest absolute Gasteiger partial charge is 0.428 e. The van der Waals surface area contributed by atoms with Crippen LogP contribution >= 0.6 is 0 Å². The molecule has 1 aliphatic carbocycles. The lowest BCUT2D eigenvalue weighted by Gasteiger charge is -2.27. The predicted molar refractivity (Wildman–Crippen MR) is 72.9 cm³/mol. The molecule has 0 aliphatic heterocycles. The van der Waals surface area contributed by atoms with Crippen LogP contribution in [0.5, 0.6) is 5.75 Å². The molecule has 1 aromatic rings. The first kappa shape index (κ1) is 17.0. The first-order valence-electron chi connectivity index (χ1n) is 7.20. The van der Waals surface area contributed by atoms with Gasteiger partial charge in [0.05, 0.1) is 12.1 Å². The first-order chi connectivity index (χ1) is 10.3. The van der Waals surface area contributed by atoms with Gasteiger partial charge < -0.3 is 15.6 Å². The third-order valence-corrected chi connectivity index (χ3v) is 4.03. The maximum absolute atomic E-state index is 13.1. The van der Waals surface area contributed by atoms with Crippen LogP contribution in [-0.2, 0) is 0 Å². The largest absolute Gasteiger partial charge is 0.461 e. The van der Waals surface area contributed by atoms with E-state index in [2.05, 4.69) is 4.74 Å². The molecule has 2 atom stereocenters. The van der Waals surface area contributed by atoms with E-state index in [0.717, 1.165) is 31.7 Å². The molecule has 1 aromatic carbocycles. The monoisotopic (exact) mass is 321 g/mol. The van der Waals surface area contributed by atoms with Crippen molar-refractivity contribution in [2.45, 2.75) is 50.4 Å². The normalized spacial score (nSPS) is 19.4. The van der Waals surface area contributed by atoms with E-state index >= 15 is 0 Å². The third kappa shape index (κ3) is 3.70. The Morgan fingerprint density at radius 1 is 1.18 bits per heavy atom. The van der Waals surface area contributed by atoms with E-state index < -0.39 is 30.4 Å². The third-order valence-electron chi connectivity index (χ3n) is 4.03. The van der Waals surface area contributed by atoms with Gasteiger partial charge in [-0.25, -0.2) is 0 Å². The average molecular weight is 321 g/mol. The molecular weight excluding hydrogens is 302 g/mol. The van der Waals surface area contributed by atoms with Gasteiger partial charge in [0, 0.05) is 5.56 Å². The van der Waals surface area contributed by atoms with Gasteiger partial charge >= 0.3 is 12.5 Å². The van der Waals surface area contributed by atoms with Crippen molar-refractivity contribution in [3.05, 3.63) is 29.8 Å². The van der Waals surface area contributed by atoms with Gasteiger partial charge in [-0.1, -0.05) is 31.0 Å². The number of halogens is 4. The second-order valence-corrected chi connectivity index (χ2v) is 5.56. The molecule has 3 nitrogen and oxygen atoms in total. The van der Waals surface area contributed by atoms with Crippen molar-refractivity contribution in [2.24, 2.45) is 11.7 Å².